The number of carbonyl (C=O) groups is 1. The van der Waals surface area contributed by atoms with Crippen LogP contribution in [0.4, 0.5) is 0 Å². The molecule has 0 saturated carbocycles. The second-order valence-electron chi connectivity index (χ2n) is 26.4. The molecule has 3 aliphatic heterocycles. The van der Waals surface area contributed by atoms with Gasteiger partial charge in [-0.3, -0.25) is 4.79 Å². The number of carbonyl (C=O) groups excluding carboxylic acids is 1. The van der Waals surface area contributed by atoms with Crippen LogP contribution in [0.1, 0.15) is 213 Å². The summed E-state index contributed by atoms with van der Waals surface area (Å²) >= 11 is 0. The van der Waals surface area contributed by atoms with Gasteiger partial charge in [-0.05, 0) is 128 Å². The van der Waals surface area contributed by atoms with Gasteiger partial charge < -0.3 is 89.9 Å². The van der Waals surface area contributed by atoms with E-state index in [2.05, 4.69) is 177 Å². The van der Waals surface area contributed by atoms with Crippen LogP contribution in [0.5, 0.6) is 0 Å². The van der Waals surface area contributed by atoms with Gasteiger partial charge in [-0.15, -0.1) is 0 Å². The maximum Gasteiger partial charge on any atom is 0.220 e. The van der Waals surface area contributed by atoms with Gasteiger partial charge in [-0.2, -0.15) is 0 Å². The van der Waals surface area contributed by atoms with Crippen molar-refractivity contribution in [3.05, 3.63) is 170 Å². The number of aliphatic hydroxyl groups excluding tert-OH is 11. The molecule has 19 heteroatoms. The Morgan fingerprint density at radius 3 is 1.10 bits per heavy atom. The third-order valence-electron chi connectivity index (χ3n) is 17.7. The molecule has 578 valence electrons. The Balaban J connectivity index is 1.41. The number of hydrogen-bond donors (Lipinski definition) is 12. The van der Waals surface area contributed by atoms with E-state index in [1.54, 1.807) is 6.08 Å². The predicted molar refractivity (Wildman–Crippen MR) is 405 cm³/mol. The lowest BCUT2D eigenvalue weighted by Crippen LogP contribution is -2.66. The molecular formula is C83H133NO18. The Hall–Kier alpha value is -4.85. The summed E-state index contributed by atoms with van der Waals surface area (Å²) in [5.41, 5.74) is 0. The first-order valence-corrected chi connectivity index (χ1v) is 38.4. The van der Waals surface area contributed by atoms with Crippen LogP contribution in [0.15, 0.2) is 170 Å². The normalized spacial score (nSPS) is 27.2. The SMILES string of the molecule is CC/C=C\C/C=C\C/C=C\C/C=C\C/C=C\C/C=C\C/C=C\C/C=C\C/C=C\C/C=C\C/C=C\CCCCCC(=O)NC(COC1OC(CO)C(OC2OC(CO)C(OC3OC(CO)C(O)C(O)C3O)C(O)C2O)C(O)C1O)C(O)/C=C/CC/C=C/CC/C=C/CCCCCCCCCCCC. The third kappa shape index (κ3) is 41.2. The number of amides is 1. The maximum atomic E-state index is 13.4. The molecule has 0 spiro atoms. The fourth-order valence-electron chi connectivity index (χ4n) is 11.6. The van der Waals surface area contributed by atoms with E-state index in [0.717, 1.165) is 116 Å². The summed E-state index contributed by atoms with van der Waals surface area (Å²) < 4.78 is 34.3. The quantitative estimate of drug-likeness (QED) is 0.0199. The summed E-state index contributed by atoms with van der Waals surface area (Å²) in [7, 11) is 0. The molecular weight excluding hydrogens is 1300 g/mol. The van der Waals surface area contributed by atoms with Crippen LogP contribution in [0.25, 0.3) is 0 Å². The molecule has 19 nitrogen and oxygen atoms in total. The van der Waals surface area contributed by atoms with E-state index in [4.69, 9.17) is 28.4 Å². The van der Waals surface area contributed by atoms with Gasteiger partial charge in [0.15, 0.2) is 18.9 Å². The Morgan fingerprint density at radius 1 is 0.363 bits per heavy atom. The van der Waals surface area contributed by atoms with E-state index in [1.807, 2.05) is 6.08 Å². The molecule has 3 rings (SSSR count). The molecule has 0 aromatic heterocycles. The number of aliphatic hydroxyl groups is 11. The second kappa shape index (κ2) is 61.3. The lowest BCUT2D eigenvalue weighted by atomic mass is 9.96. The molecule has 17 atom stereocenters. The van der Waals surface area contributed by atoms with Crippen molar-refractivity contribution in [3.63, 3.8) is 0 Å². The van der Waals surface area contributed by atoms with Crippen LogP contribution < -0.4 is 5.32 Å². The average molecular weight is 1430 g/mol. The van der Waals surface area contributed by atoms with E-state index in [9.17, 15) is 61.0 Å². The maximum absolute atomic E-state index is 13.4. The van der Waals surface area contributed by atoms with Crippen molar-refractivity contribution in [1.29, 1.82) is 0 Å². The number of unbranched alkanes of at least 4 members (excludes halogenated alkanes) is 15. The van der Waals surface area contributed by atoms with Crippen LogP contribution >= 0.6 is 0 Å². The first-order valence-electron chi connectivity index (χ1n) is 38.4. The van der Waals surface area contributed by atoms with Crippen molar-refractivity contribution >= 4 is 5.91 Å². The number of rotatable bonds is 57. The fraction of sp³-hybridized carbons (Fsp3) is 0.651. The smallest absolute Gasteiger partial charge is 0.220 e. The Bertz CT molecular complexity index is 2510. The fourth-order valence-corrected chi connectivity index (χ4v) is 11.6. The summed E-state index contributed by atoms with van der Waals surface area (Å²) in [6, 6.07) is -1.03. The highest BCUT2D eigenvalue weighted by Crippen LogP contribution is 2.33. The largest absolute Gasteiger partial charge is 0.394 e. The lowest BCUT2D eigenvalue weighted by molar-refractivity contribution is -0.379. The Morgan fingerprint density at radius 2 is 0.686 bits per heavy atom. The Labute approximate surface area is 611 Å². The molecule has 3 aliphatic rings. The molecule has 12 N–H and O–H groups in total. The van der Waals surface area contributed by atoms with Gasteiger partial charge in [0, 0.05) is 6.42 Å². The lowest BCUT2D eigenvalue weighted by Gasteiger charge is -2.48. The molecule has 3 heterocycles. The van der Waals surface area contributed by atoms with Crippen molar-refractivity contribution in [2.45, 2.75) is 317 Å². The monoisotopic (exact) mass is 1430 g/mol. The van der Waals surface area contributed by atoms with Gasteiger partial charge >= 0.3 is 0 Å². The highest BCUT2D eigenvalue weighted by atomic mass is 16.8. The molecule has 102 heavy (non-hydrogen) atoms. The molecule has 17 unspecified atom stereocenters. The van der Waals surface area contributed by atoms with Gasteiger partial charge in [-0.1, -0.05) is 248 Å². The van der Waals surface area contributed by atoms with E-state index < -0.39 is 131 Å². The van der Waals surface area contributed by atoms with Gasteiger partial charge in [0.05, 0.1) is 38.6 Å². The zero-order valence-corrected chi connectivity index (χ0v) is 61.5. The van der Waals surface area contributed by atoms with Crippen molar-refractivity contribution in [2.75, 3.05) is 26.4 Å². The summed E-state index contributed by atoms with van der Waals surface area (Å²) in [6.07, 6.45) is 64.7. The molecule has 3 saturated heterocycles. The van der Waals surface area contributed by atoms with Crippen LogP contribution in [-0.2, 0) is 33.2 Å². The number of allylic oxidation sites excluding steroid dienone is 27. The summed E-state index contributed by atoms with van der Waals surface area (Å²) in [5, 5.41) is 121. The average Bonchev–Trinajstić information content (AvgIpc) is 0.778. The minimum atomic E-state index is -2.00. The van der Waals surface area contributed by atoms with E-state index >= 15 is 0 Å². The van der Waals surface area contributed by atoms with Crippen molar-refractivity contribution in [3.8, 4) is 0 Å². The highest BCUT2D eigenvalue weighted by molar-refractivity contribution is 5.76. The number of nitrogens with one attached hydrogen (secondary N) is 1. The van der Waals surface area contributed by atoms with Gasteiger partial charge in [-0.25, -0.2) is 0 Å². The zero-order valence-electron chi connectivity index (χ0n) is 61.5. The van der Waals surface area contributed by atoms with Crippen LogP contribution in [-0.4, -0.2) is 193 Å². The van der Waals surface area contributed by atoms with E-state index in [1.165, 1.54) is 64.2 Å². The highest BCUT2D eigenvalue weighted by Gasteiger charge is 2.53. The van der Waals surface area contributed by atoms with Gasteiger partial charge in [0.25, 0.3) is 0 Å². The molecule has 0 aliphatic carbocycles. The minimum Gasteiger partial charge on any atom is -0.394 e. The second-order valence-corrected chi connectivity index (χ2v) is 26.4. The molecule has 3 fully saturated rings. The first kappa shape index (κ1) is 91.4. The number of hydrogen-bond acceptors (Lipinski definition) is 18. The minimum absolute atomic E-state index is 0.180. The van der Waals surface area contributed by atoms with Crippen LogP contribution in [0.2, 0.25) is 0 Å². The van der Waals surface area contributed by atoms with E-state index in [-0.39, 0.29) is 12.3 Å². The summed E-state index contributed by atoms with van der Waals surface area (Å²) in [6.45, 7) is 1.55. The predicted octanol–water partition coefficient (Wildman–Crippen LogP) is 12.2. The standard InChI is InChI=1S/C83H133NO18/c1-3-5-7-9-11-13-15-17-19-21-23-25-26-27-28-29-30-31-32-33-34-35-36-37-38-39-40-41-43-45-47-49-51-53-55-57-59-61-71(89)84-66(67(88)60-58-56-54-52-50-48-46-44-42-24-22-20-18-16-14-12-10-8-6-4-2)65-97-81-77(95)74(92)79(69(63-86)99-81)102-83-78(96)75(93)80(70(64-87)100-83)101-82-76(94)73(91)72(90)68(62-85)98-82/h5,7,11,13,17,19,23,25,27-28,30-31,33-34,36-37,39-40,42-45,49-52,58,60,66-70,72-83,85-88,90-96H,3-4,6,8-10,12,14-16,18,20-22,24,26,29,32,35,38,41,46-48,53-57,59,61-65H2,1-2H3,(H,84,89)/b7-5-,13-11-,19-17-,25-23-,28-27-,31-30-,34-33-,37-36-,40-39-,44-42+,45-43-,51-49-,52-50+,60-58+. The molecule has 0 radical (unpaired) electrons. The molecule has 0 bridgehead atoms. The first-order chi connectivity index (χ1) is 49.8. The third-order valence-corrected chi connectivity index (χ3v) is 17.7. The van der Waals surface area contributed by atoms with Gasteiger partial charge in [0.1, 0.15) is 73.2 Å². The van der Waals surface area contributed by atoms with Crippen LogP contribution in [0.3, 0.4) is 0 Å². The molecule has 0 aromatic rings. The van der Waals surface area contributed by atoms with Gasteiger partial charge in [0.2, 0.25) is 5.91 Å². The van der Waals surface area contributed by atoms with Crippen molar-refractivity contribution in [1.82, 2.24) is 5.32 Å². The summed E-state index contributed by atoms with van der Waals surface area (Å²) in [5.74, 6) is -0.329. The molecule has 1 amide bonds. The van der Waals surface area contributed by atoms with E-state index in [0.29, 0.717) is 12.8 Å². The number of ether oxygens (including phenoxy) is 6. The molecule has 0 aromatic carbocycles. The van der Waals surface area contributed by atoms with Crippen molar-refractivity contribution in [2.24, 2.45) is 0 Å². The van der Waals surface area contributed by atoms with Crippen molar-refractivity contribution < 1.29 is 89.4 Å². The topological polar surface area (TPSA) is 307 Å². The zero-order chi connectivity index (χ0) is 73.9. The Kier molecular flexibility index (Phi) is 54.9. The van der Waals surface area contributed by atoms with Crippen LogP contribution in [0, 0.1) is 0 Å². The summed E-state index contributed by atoms with van der Waals surface area (Å²) in [4.78, 5) is 13.4.